The van der Waals surface area contributed by atoms with Crippen LogP contribution in [0.25, 0.3) is 10.2 Å². The molecule has 4 nitrogen and oxygen atoms in total. The zero-order valence-electron chi connectivity index (χ0n) is 10.6. The molecule has 0 aliphatic rings. The molecule has 2 aromatic carbocycles. The summed E-state index contributed by atoms with van der Waals surface area (Å²) in [6, 6.07) is 10.9. The Balaban J connectivity index is 1.90. The summed E-state index contributed by atoms with van der Waals surface area (Å²) in [5.74, 6) is -0.213. The summed E-state index contributed by atoms with van der Waals surface area (Å²) in [4.78, 5) is 16.7. The Morgan fingerprint density at radius 3 is 2.81 bits per heavy atom. The Labute approximate surface area is 141 Å². The monoisotopic (exact) mass is 425 g/mol. The summed E-state index contributed by atoms with van der Waals surface area (Å²) in [5.41, 5.74) is 7.78. The van der Waals surface area contributed by atoms with Gasteiger partial charge in [0.2, 0.25) is 0 Å². The fourth-order valence-electron chi connectivity index (χ4n) is 1.83. The maximum Gasteiger partial charge on any atom is 0.258 e. The van der Waals surface area contributed by atoms with Crippen LogP contribution < -0.4 is 11.1 Å². The second-order valence-electron chi connectivity index (χ2n) is 4.32. The van der Waals surface area contributed by atoms with Crippen molar-refractivity contribution in [3.05, 3.63) is 50.9 Å². The number of rotatable bonds is 2. The molecule has 0 aliphatic carbocycles. The van der Waals surface area contributed by atoms with E-state index in [9.17, 15) is 4.79 Å². The number of hydrogen-bond donors (Lipinski definition) is 2. The van der Waals surface area contributed by atoms with Crippen LogP contribution >= 0.6 is 43.2 Å². The second kappa shape index (κ2) is 5.75. The SMILES string of the molecule is Nc1ccc2nc(NC(=O)c3cc(Br)ccc3Br)sc2c1. The predicted octanol–water partition coefficient (Wildman–Crippen LogP) is 4.66. The number of carbonyl (C=O) groups is 1. The fourth-order valence-corrected chi connectivity index (χ4v) is 3.53. The van der Waals surface area contributed by atoms with Crippen molar-refractivity contribution in [1.29, 1.82) is 0 Å². The Morgan fingerprint density at radius 2 is 2.00 bits per heavy atom. The number of nitrogens with zero attached hydrogens (tertiary/aromatic N) is 1. The van der Waals surface area contributed by atoms with E-state index in [4.69, 9.17) is 5.73 Å². The van der Waals surface area contributed by atoms with Crippen molar-refractivity contribution >= 4 is 70.1 Å². The van der Waals surface area contributed by atoms with Crippen LogP contribution in [0.4, 0.5) is 10.8 Å². The van der Waals surface area contributed by atoms with Gasteiger partial charge in [-0.3, -0.25) is 10.1 Å². The molecular formula is C14H9Br2N3OS. The van der Waals surface area contributed by atoms with E-state index >= 15 is 0 Å². The number of benzene rings is 2. The molecule has 3 aromatic rings. The van der Waals surface area contributed by atoms with Gasteiger partial charge in [0.15, 0.2) is 5.13 Å². The molecule has 1 aromatic heterocycles. The normalized spacial score (nSPS) is 10.8. The predicted molar refractivity (Wildman–Crippen MR) is 93.8 cm³/mol. The minimum absolute atomic E-state index is 0.213. The lowest BCUT2D eigenvalue weighted by Crippen LogP contribution is -2.12. The maximum atomic E-state index is 12.3. The summed E-state index contributed by atoms with van der Waals surface area (Å²) in [7, 11) is 0. The molecule has 1 heterocycles. The van der Waals surface area contributed by atoms with Crippen LogP contribution in [0.3, 0.4) is 0 Å². The van der Waals surface area contributed by atoms with Gasteiger partial charge in [0.25, 0.3) is 5.91 Å². The van der Waals surface area contributed by atoms with Gasteiger partial charge in [-0.15, -0.1) is 0 Å². The first-order chi connectivity index (χ1) is 10.0. The number of aromatic nitrogens is 1. The van der Waals surface area contributed by atoms with E-state index in [1.165, 1.54) is 11.3 Å². The van der Waals surface area contributed by atoms with Crippen LogP contribution in [0.15, 0.2) is 45.3 Å². The van der Waals surface area contributed by atoms with Gasteiger partial charge in [0, 0.05) is 14.6 Å². The number of hydrogen-bond acceptors (Lipinski definition) is 4. The van der Waals surface area contributed by atoms with E-state index in [2.05, 4.69) is 42.2 Å². The smallest absolute Gasteiger partial charge is 0.258 e. The van der Waals surface area contributed by atoms with Crippen LogP contribution in [0, 0.1) is 0 Å². The van der Waals surface area contributed by atoms with Crippen molar-refractivity contribution in [2.24, 2.45) is 0 Å². The molecule has 0 aliphatic heterocycles. The molecule has 21 heavy (non-hydrogen) atoms. The van der Waals surface area contributed by atoms with Crippen molar-refractivity contribution in [1.82, 2.24) is 4.98 Å². The van der Waals surface area contributed by atoms with Crippen molar-refractivity contribution in [2.45, 2.75) is 0 Å². The van der Waals surface area contributed by atoms with Gasteiger partial charge >= 0.3 is 0 Å². The average molecular weight is 427 g/mol. The molecule has 0 saturated heterocycles. The lowest BCUT2D eigenvalue weighted by Gasteiger charge is -2.04. The van der Waals surface area contributed by atoms with Gasteiger partial charge in [0.05, 0.1) is 15.8 Å². The first-order valence-electron chi connectivity index (χ1n) is 5.95. The van der Waals surface area contributed by atoms with E-state index in [1.807, 2.05) is 24.3 Å². The first-order valence-corrected chi connectivity index (χ1v) is 8.35. The van der Waals surface area contributed by atoms with Crippen molar-refractivity contribution < 1.29 is 4.79 Å². The maximum absolute atomic E-state index is 12.3. The number of fused-ring (bicyclic) bond motifs is 1. The summed E-state index contributed by atoms with van der Waals surface area (Å²) >= 11 is 8.13. The van der Waals surface area contributed by atoms with Crippen molar-refractivity contribution in [2.75, 3.05) is 11.1 Å². The quantitative estimate of drug-likeness (QED) is 0.585. The highest BCUT2D eigenvalue weighted by molar-refractivity contribution is 9.11. The number of nitrogens with one attached hydrogen (secondary N) is 1. The number of thiazole rings is 1. The molecule has 0 radical (unpaired) electrons. The molecule has 3 N–H and O–H groups in total. The first kappa shape index (κ1) is 14.5. The fraction of sp³-hybridized carbons (Fsp3) is 0. The number of carbonyl (C=O) groups excluding carboxylic acids is 1. The summed E-state index contributed by atoms with van der Waals surface area (Å²) < 4.78 is 2.51. The van der Waals surface area contributed by atoms with Crippen LogP contribution in [0.5, 0.6) is 0 Å². The van der Waals surface area contributed by atoms with E-state index in [0.717, 1.165) is 19.2 Å². The largest absolute Gasteiger partial charge is 0.399 e. The Bertz CT molecular complexity index is 847. The van der Waals surface area contributed by atoms with Gasteiger partial charge in [-0.1, -0.05) is 27.3 Å². The van der Waals surface area contributed by atoms with E-state index in [0.29, 0.717) is 16.4 Å². The van der Waals surface area contributed by atoms with E-state index in [-0.39, 0.29) is 5.91 Å². The Hall–Kier alpha value is -1.44. The number of amides is 1. The molecule has 106 valence electrons. The molecule has 7 heteroatoms. The van der Waals surface area contributed by atoms with Crippen molar-refractivity contribution in [3.63, 3.8) is 0 Å². The number of halogens is 2. The highest BCUT2D eigenvalue weighted by Crippen LogP contribution is 2.29. The zero-order chi connectivity index (χ0) is 15.0. The second-order valence-corrected chi connectivity index (χ2v) is 7.13. The lowest BCUT2D eigenvalue weighted by atomic mass is 10.2. The topological polar surface area (TPSA) is 68.0 Å². The highest BCUT2D eigenvalue weighted by Gasteiger charge is 2.13. The van der Waals surface area contributed by atoms with Gasteiger partial charge in [0.1, 0.15) is 0 Å². The van der Waals surface area contributed by atoms with E-state index < -0.39 is 0 Å². The van der Waals surface area contributed by atoms with Crippen LogP contribution in [0.1, 0.15) is 10.4 Å². The average Bonchev–Trinajstić information content (AvgIpc) is 2.82. The molecule has 3 rings (SSSR count). The number of anilines is 2. The van der Waals surface area contributed by atoms with Gasteiger partial charge in [-0.2, -0.15) is 0 Å². The molecule has 0 saturated carbocycles. The van der Waals surface area contributed by atoms with Crippen molar-refractivity contribution in [3.8, 4) is 0 Å². The molecule has 0 bridgehead atoms. The third kappa shape index (κ3) is 3.09. The molecular weight excluding hydrogens is 418 g/mol. The third-order valence-corrected chi connectivity index (χ3v) is 4.92. The summed E-state index contributed by atoms with van der Waals surface area (Å²) in [6.07, 6.45) is 0. The van der Waals surface area contributed by atoms with Crippen LogP contribution in [-0.4, -0.2) is 10.9 Å². The van der Waals surface area contributed by atoms with Gasteiger partial charge < -0.3 is 5.73 Å². The minimum Gasteiger partial charge on any atom is -0.399 e. The zero-order valence-corrected chi connectivity index (χ0v) is 14.5. The lowest BCUT2D eigenvalue weighted by molar-refractivity contribution is 0.102. The molecule has 1 amide bonds. The Kier molecular flexibility index (Phi) is 3.97. The minimum atomic E-state index is -0.213. The standard InChI is InChI=1S/C14H9Br2N3OS/c15-7-1-3-10(16)9(5-7)13(20)19-14-18-11-4-2-8(17)6-12(11)21-14/h1-6H,17H2,(H,18,19,20). The molecule has 0 atom stereocenters. The molecule has 0 spiro atoms. The van der Waals surface area contributed by atoms with Crippen LogP contribution in [0.2, 0.25) is 0 Å². The third-order valence-electron chi connectivity index (χ3n) is 2.81. The van der Waals surface area contributed by atoms with Gasteiger partial charge in [-0.05, 0) is 52.3 Å². The molecule has 0 unspecified atom stereocenters. The summed E-state index contributed by atoms with van der Waals surface area (Å²) in [6.45, 7) is 0. The van der Waals surface area contributed by atoms with E-state index in [1.54, 1.807) is 12.1 Å². The summed E-state index contributed by atoms with van der Waals surface area (Å²) in [5, 5.41) is 3.36. The Morgan fingerprint density at radius 1 is 1.19 bits per heavy atom. The highest BCUT2D eigenvalue weighted by atomic mass is 79.9. The van der Waals surface area contributed by atoms with Crippen LogP contribution in [-0.2, 0) is 0 Å². The van der Waals surface area contributed by atoms with Gasteiger partial charge in [-0.25, -0.2) is 4.98 Å². The molecule has 0 fully saturated rings. The number of nitrogen functional groups attached to an aromatic ring is 1. The number of nitrogens with two attached hydrogens (primary N) is 1.